The minimum Gasteiger partial charge on any atom is -0.508 e. The summed E-state index contributed by atoms with van der Waals surface area (Å²) in [4.78, 5) is 3.30. The second-order valence-corrected chi connectivity index (χ2v) is 16.2. The summed E-state index contributed by atoms with van der Waals surface area (Å²) in [5.74, 6) is 8.86. The van der Waals surface area contributed by atoms with Crippen molar-refractivity contribution in [2.45, 2.75) is 81.3 Å². The van der Waals surface area contributed by atoms with E-state index >= 15 is 0 Å². The van der Waals surface area contributed by atoms with Crippen molar-refractivity contribution in [2.24, 2.45) is 0 Å². The molecule has 5 aromatic rings. The van der Waals surface area contributed by atoms with Crippen LogP contribution in [-0.4, -0.2) is 89.5 Å². The Morgan fingerprint density at radius 1 is 1.02 bits per heavy atom. The van der Waals surface area contributed by atoms with Crippen molar-refractivity contribution in [3.63, 3.8) is 0 Å². The summed E-state index contributed by atoms with van der Waals surface area (Å²) in [5, 5.41) is 53.6. The monoisotopic (exact) mass is 800 g/mol. The summed E-state index contributed by atoms with van der Waals surface area (Å²) in [6.07, 6.45) is 3.71. The van der Waals surface area contributed by atoms with Gasteiger partial charge in [0.05, 0.1) is 26.0 Å². The van der Waals surface area contributed by atoms with Gasteiger partial charge >= 0.3 is 0 Å². The van der Waals surface area contributed by atoms with Crippen LogP contribution < -0.4 is 30.2 Å². The van der Waals surface area contributed by atoms with Gasteiger partial charge in [-0.2, -0.15) is 0 Å². The molecule has 0 unspecified atom stereocenters. The van der Waals surface area contributed by atoms with Gasteiger partial charge in [-0.25, -0.2) is 0 Å². The van der Waals surface area contributed by atoms with Crippen LogP contribution >= 0.6 is 0 Å². The van der Waals surface area contributed by atoms with Crippen LogP contribution in [-0.2, 0) is 30.4 Å². The Labute approximate surface area is 343 Å². The van der Waals surface area contributed by atoms with Crippen LogP contribution in [0.2, 0.25) is 0 Å². The zero-order valence-corrected chi connectivity index (χ0v) is 33.4. The number of phenols is 2. The average Bonchev–Trinajstić information content (AvgIpc) is 3.71. The minimum absolute atomic E-state index is 0.00461. The molecule has 4 heterocycles. The Bertz CT molecular complexity index is 2420. The van der Waals surface area contributed by atoms with E-state index in [9.17, 15) is 20.4 Å². The fourth-order valence-electron chi connectivity index (χ4n) is 9.49. The minimum atomic E-state index is -1.14. The van der Waals surface area contributed by atoms with Crippen molar-refractivity contribution in [2.75, 3.05) is 40.2 Å². The maximum atomic E-state index is 11.0. The lowest BCUT2D eigenvalue weighted by Crippen LogP contribution is -2.62. The van der Waals surface area contributed by atoms with Crippen LogP contribution in [0.1, 0.15) is 65.2 Å². The molecule has 4 aliphatic rings. The molecule has 308 valence electrons. The van der Waals surface area contributed by atoms with Gasteiger partial charge in [-0.3, -0.25) is 10.6 Å². The average molecular weight is 801 g/mol. The largest absolute Gasteiger partial charge is 0.508 e. The number of H-pyrrole nitrogens is 1. The molecule has 4 aromatic carbocycles. The van der Waals surface area contributed by atoms with E-state index in [1.807, 2.05) is 37.5 Å². The van der Waals surface area contributed by atoms with Gasteiger partial charge in [-0.1, -0.05) is 30.0 Å². The maximum Gasteiger partial charge on any atom is 0.161 e. The highest BCUT2D eigenvalue weighted by Crippen LogP contribution is 2.58. The van der Waals surface area contributed by atoms with Gasteiger partial charge in [0, 0.05) is 54.5 Å². The van der Waals surface area contributed by atoms with Gasteiger partial charge in [0.2, 0.25) is 0 Å². The zero-order valence-electron chi connectivity index (χ0n) is 33.4. The summed E-state index contributed by atoms with van der Waals surface area (Å²) in [6.45, 7) is 2.83. The van der Waals surface area contributed by atoms with E-state index in [2.05, 4.69) is 57.0 Å². The molecule has 0 amide bonds. The van der Waals surface area contributed by atoms with Gasteiger partial charge in [0.15, 0.2) is 17.6 Å². The molecule has 0 saturated carbocycles. The molecule has 0 fully saturated rings. The van der Waals surface area contributed by atoms with Crippen molar-refractivity contribution >= 4 is 10.9 Å². The number of ether oxygens (including phenoxy) is 4. The van der Waals surface area contributed by atoms with Crippen LogP contribution in [0.25, 0.3) is 22.0 Å². The van der Waals surface area contributed by atoms with E-state index in [4.69, 9.17) is 18.9 Å². The topological polar surface area (TPSA) is 170 Å². The number of benzene rings is 4. The first kappa shape index (κ1) is 39.2. The maximum absolute atomic E-state index is 11.0. The third-order valence-electron chi connectivity index (χ3n) is 12.2. The first-order valence-electron chi connectivity index (χ1n) is 20.6. The van der Waals surface area contributed by atoms with E-state index in [1.54, 1.807) is 19.1 Å². The van der Waals surface area contributed by atoms with E-state index in [0.717, 1.165) is 62.0 Å². The van der Waals surface area contributed by atoms with Gasteiger partial charge in [0.25, 0.3) is 0 Å². The number of aliphatic hydroxyl groups is 2. The number of fused-ring (bicyclic) bond motifs is 13. The predicted molar refractivity (Wildman–Crippen MR) is 224 cm³/mol. The van der Waals surface area contributed by atoms with Gasteiger partial charge in [-0.05, 0) is 121 Å². The molecule has 9 rings (SSSR count). The molecule has 0 saturated heterocycles. The lowest BCUT2D eigenvalue weighted by Gasteiger charge is -2.49. The smallest absolute Gasteiger partial charge is 0.161 e. The highest BCUT2D eigenvalue weighted by Gasteiger charge is 2.54. The molecule has 3 aliphatic heterocycles. The van der Waals surface area contributed by atoms with Crippen molar-refractivity contribution in [1.82, 2.24) is 20.9 Å². The predicted octanol–water partition coefficient (Wildman–Crippen LogP) is 5.09. The Hall–Kier alpha value is -5.26. The zero-order chi connectivity index (χ0) is 40.7. The van der Waals surface area contributed by atoms with Crippen molar-refractivity contribution in [3.8, 4) is 51.7 Å². The lowest BCUT2D eigenvalue weighted by molar-refractivity contribution is -0.141. The summed E-state index contributed by atoms with van der Waals surface area (Å²) in [5.41, 5.74) is 7.89. The standard InChI is InChI=1S/C47H52N4O8/c1-27(53)23-49-25-51-42-5-3-4-16-56-41-20-30(7-13-40(41)55)46-47(42,57-26-48-2)22-38-37-19-31(18-28-6-12-39-29(17-28)14-15-50-39)36-21-32(54)8-10-34(36)43(37)45-35(44(38)59-46)11-9-33(24-52)58-45/h6-8,10,12-15,17,20-21,27,31,33,42,46,48-55H,4,9,11,16,18-19,22-26H2,1-2H3/t27-,31-,33+,42-,46+,47-/m0/s1. The fraction of sp³-hybridized carbons (Fsp3) is 0.404. The number of rotatable bonds is 11. The highest BCUT2D eigenvalue weighted by molar-refractivity contribution is 5.85. The van der Waals surface area contributed by atoms with Gasteiger partial charge < -0.3 is 49.7 Å². The number of aromatic hydroxyl groups is 2. The summed E-state index contributed by atoms with van der Waals surface area (Å²) in [6, 6.07) is 19.0. The summed E-state index contributed by atoms with van der Waals surface area (Å²) in [7, 11) is 1.84. The fourth-order valence-corrected chi connectivity index (χ4v) is 9.49. The van der Waals surface area contributed by atoms with E-state index in [1.165, 1.54) is 5.56 Å². The SMILES string of the molecule is CNCO[C@]12Cc3c4c(c5c(c3O[C@@H]1c1ccc(O)c(c1)OCCC#C[C@@H]2NCNC[C@H](C)O)CC[C@H](CO)O5)-c1ccc(O)cc1[C@@H](Cc1ccc2[nH]ccc2c1)C4. The van der Waals surface area contributed by atoms with E-state index < -0.39 is 23.9 Å². The Morgan fingerprint density at radius 2 is 1.92 bits per heavy atom. The van der Waals surface area contributed by atoms with E-state index in [0.29, 0.717) is 56.8 Å². The number of hydrogen-bond donors (Lipinski definition) is 8. The number of nitrogens with one attached hydrogen (secondary N) is 4. The molecule has 8 N–H and O–H groups in total. The second-order valence-electron chi connectivity index (χ2n) is 16.2. The highest BCUT2D eigenvalue weighted by atomic mass is 16.6. The number of aromatic nitrogens is 1. The first-order chi connectivity index (χ1) is 28.8. The third-order valence-corrected chi connectivity index (χ3v) is 12.2. The van der Waals surface area contributed by atoms with Gasteiger partial charge in [0.1, 0.15) is 35.0 Å². The van der Waals surface area contributed by atoms with Crippen LogP contribution in [0, 0.1) is 11.8 Å². The number of phenolic OH excluding ortho intramolecular Hbond substituents is 2. The van der Waals surface area contributed by atoms with Crippen molar-refractivity contribution in [1.29, 1.82) is 0 Å². The van der Waals surface area contributed by atoms with Gasteiger partial charge in [-0.15, -0.1) is 0 Å². The van der Waals surface area contributed by atoms with E-state index in [-0.39, 0.29) is 43.5 Å². The normalized spacial score (nSPS) is 23.3. The van der Waals surface area contributed by atoms with Crippen LogP contribution in [0.15, 0.2) is 66.9 Å². The molecule has 12 nitrogen and oxygen atoms in total. The molecule has 0 spiro atoms. The van der Waals surface area contributed by atoms with Crippen molar-refractivity contribution in [3.05, 3.63) is 100 Å². The Balaban J connectivity index is 1.26. The first-order valence-corrected chi connectivity index (χ1v) is 20.6. The molecule has 6 atom stereocenters. The quantitative estimate of drug-likeness (QED) is 0.0509. The Kier molecular flexibility index (Phi) is 10.9. The van der Waals surface area contributed by atoms with Crippen LogP contribution in [0.3, 0.4) is 0 Å². The molecular formula is C47H52N4O8. The van der Waals surface area contributed by atoms with Crippen LogP contribution in [0.4, 0.5) is 0 Å². The number of aliphatic hydroxyl groups excluding tert-OH is 2. The molecule has 1 aromatic heterocycles. The Morgan fingerprint density at radius 3 is 2.76 bits per heavy atom. The third kappa shape index (κ3) is 7.37. The molecule has 1 aliphatic carbocycles. The summed E-state index contributed by atoms with van der Waals surface area (Å²) >= 11 is 0. The number of aromatic amines is 1. The molecule has 12 heteroatoms. The molecule has 2 bridgehead atoms. The molecule has 59 heavy (non-hydrogen) atoms. The summed E-state index contributed by atoms with van der Waals surface area (Å²) < 4.78 is 27.4. The second kappa shape index (κ2) is 16.4. The lowest BCUT2D eigenvalue weighted by atomic mass is 9.69. The van der Waals surface area contributed by atoms with Crippen LogP contribution in [0.5, 0.6) is 28.7 Å². The molecule has 0 radical (unpaired) electrons. The number of hydrogen-bond acceptors (Lipinski definition) is 11. The van der Waals surface area contributed by atoms with Crippen molar-refractivity contribution < 1.29 is 39.4 Å². The molecular weight excluding hydrogens is 749 g/mol.